The largest absolute Gasteiger partial charge is 0.573 e. The molecule has 0 radical (unpaired) electrons. The Bertz CT molecular complexity index is 1350. The summed E-state index contributed by atoms with van der Waals surface area (Å²) in [5.41, 5.74) is 2.17. The third-order valence-corrected chi connectivity index (χ3v) is 5.61. The number of rotatable bonds is 11. The highest BCUT2D eigenvalue weighted by Gasteiger charge is 2.31. The maximum Gasteiger partial charge on any atom is 0.573 e. The van der Waals surface area contributed by atoms with Crippen LogP contribution < -0.4 is 29.0 Å². The van der Waals surface area contributed by atoms with Gasteiger partial charge in [0.25, 0.3) is 0 Å². The van der Waals surface area contributed by atoms with Gasteiger partial charge in [-0.1, -0.05) is 23.8 Å². The van der Waals surface area contributed by atoms with Crippen LogP contribution in [0.2, 0.25) is 5.02 Å². The molecule has 7 nitrogen and oxygen atoms in total. The van der Waals surface area contributed by atoms with Crippen molar-refractivity contribution in [2.75, 3.05) is 33.8 Å². The average Bonchev–Trinajstić information content (AvgIpc) is 2.91. The molecule has 0 aliphatic rings. The number of halogens is 4. The molecular weight excluding hydrogens is 539 g/mol. The molecule has 0 aliphatic heterocycles. The Morgan fingerprint density at radius 2 is 1.46 bits per heavy atom. The number of alkyl halides is 3. The zero-order valence-electron chi connectivity index (χ0n) is 21.4. The second kappa shape index (κ2) is 13.0. The summed E-state index contributed by atoms with van der Waals surface area (Å²) < 4.78 is 62.3. The van der Waals surface area contributed by atoms with Gasteiger partial charge in [-0.15, -0.1) is 13.2 Å². The van der Waals surface area contributed by atoms with Crippen molar-refractivity contribution in [1.82, 2.24) is 0 Å². The maximum absolute atomic E-state index is 12.5. The Hall–Kier alpha value is -4.31. The Labute approximate surface area is 228 Å². The van der Waals surface area contributed by atoms with E-state index < -0.39 is 17.9 Å². The van der Waals surface area contributed by atoms with Gasteiger partial charge in [-0.05, 0) is 53.6 Å². The van der Waals surface area contributed by atoms with Crippen LogP contribution in [0.5, 0.6) is 28.7 Å². The zero-order valence-corrected chi connectivity index (χ0v) is 22.1. The van der Waals surface area contributed by atoms with Crippen LogP contribution in [0.3, 0.4) is 0 Å². The Balaban J connectivity index is 1.84. The van der Waals surface area contributed by atoms with E-state index in [9.17, 15) is 18.0 Å². The predicted molar refractivity (Wildman–Crippen MR) is 143 cm³/mol. The molecule has 0 spiro atoms. The van der Waals surface area contributed by atoms with E-state index in [4.69, 9.17) is 30.5 Å². The fourth-order valence-corrected chi connectivity index (χ4v) is 3.75. The van der Waals surface area contributed by atoms with Gasteiger partial charge in [0.1, 0.15) is 11.5 Å². The van der Waals surface area contributed by atoms with Gasteiger partial charge in [-0.2, -0.15) is 0 Å². The van der Waals surface area contributed by atoms with E-state index in [1.165, 1.54) is 52.8 Å². The summed E-state index contributed by atoms with van der Waals surface area (Å²) in [4.78, 5) is 12.5. The predicted octanol–water partition coefficient (Wildman–Crippen LogP) is 7.25. The van der Waals surface area contributed by atoms with Crippen LogP contribution in [-0.4, -0.2) is 40.6 Å². The van der Waals surface area contributed by atoms with Crippen molar-refractivity contribution in [3.63, 3.8) is 0 Å². The van der Waals surface area contributed by atoms with E-state index in [0.29, 0.717) is 39.3 Å². The highest BCUT2D eigenvalue weighted by molar-refractivity contribution is 6.32. The summed E-state index contributed by atoms with van der Waals surface area (Å²) in [6.45, 7) is 0. The standard InChI is InChI=1S/C28H25ClF3NO6/c1-35-24-16-22(33-12-11-23(34)18-7-9-20(10-8-18)39-28(30,31)32)19(15-21(24)29)6-5-17-13-25(36-2)27(38-4)26(14-17)37-3/h5-16,33H,1-4H3. The highest BCUT2D eigenvalue weighted by atomic mass is 35.5. The van der Waals surface area contributed by atoms with Crippen molar-refractivity contribution in [3.8, 4) is 28.7 Å². The number of hydrogen-bond donors (Lipinski definition) is 1. The van der Waals surface area contributed by atoms with Gasteiger partial charge in [-0.25, -0.2) is 0 Å². The van der Waals surface area contributed by atoms with Crippen molar-refractivity contribution in [2.45, 2.75) is 6.36 Å². The van der Waals surface area contributed by atoms with Crippen molar-refractivity contribution < 1.29 is 41.7 Å². The molecule has 0 amide bonds. The van der Waals surface area contributed by atoms with E-state index in [-0.39, 0.29) is 5.56 Å². The molecule has 0 aromatic heterocycles. The van der Waals surface area contributed by atoms with E-state index in [1.807, 2.05) is 6.08 Å². The third kappa shape index (κ3) is 7.84. The number of allylic oxidation sites excluding steroid dienone is 1. The smallest absolute Gasteiger partial charge is 0.495 e. The van der Waals surface area contributed by atoms with Gasteiger partial charge in [0, 0.05) is 29.6 Å². The van der Waals surface area contributed by atoms with Gasteiger partial charge >= 0.3 is 6.36 Å². The molecule has 3 rings (SSSR count). The van der Waals surface area contributed by atoms with E-state index in [2.05, 4.69) is 10.1 Å². The molecule has 0 unspecified atom stereocenters. The number of anilines is 1. The lowest BCUT2D eigenvalue weighted by atomic mass is 10.1. The summed E-state index contributed by atoms with van der Waals surface area (Å²) in [5.74, 6) is 0.993. The topological polar surface area (TPSA) is 75.3 Å². The van der Waals surface area contributed by atoms with Gasteiger partial charge in [-0.3, -0.25) is 4.79 Å². The molecule has 206 valence electrons. The molecule has 0 saturated carbocycles. The molecule has 11 heteroatoms. The Morgan fingerprint density at radius 1 is 0.846 bits per heavy atom. The van der Waals surface area contributed by atoms with E-state index in [1.54, 1.807) is 30.3 Å². The van der Waals surface area contributed by atoms with Gasteiger partial charge in [0.2, 0.25) is 5.75 Å². The van der Waals surface area contributed by atoms with Crippen LogP contribution in [-0.2, 0) is 0 Å². The number of ether oxygens (including phenoxy) is 5. The van der Waals surface area contributed by atoms with Crippen LogP contribution in [0.1, 0.15) is 21.5 Å². The minimum absolute atomic E-state index is 0.179. The number of ketones is 1. The van der Waals surface area contributed by atoms with Crippen molar-refractivity contribution >= 4 is 35.2 Å². The van der Waals surface area contributed by atoms with Crippen LogP contribution in [0.15, 0.2) is 60.8 Å². The normalized spacial score (nSPS) is 11.5. The van der Waals surface area contributed by atoms with Crippen LogP contribution >= 0.6 is 11.6 Å². The fraction of sp³-hybridized carbons (Fsp3) is 0.179. The quantitative estimate of drug-likeness (QED) is 0.150. The molecule has 0 saturated heterocycles. The first-order valence-electron chi connectivity index (χ1n) is 11.3. The molecule has 0 bridgehead atoms. The molecule has 0 fully saturated rings. The number of carbonyl (C=O) groups excluding carboxylic acids is 1. The molecular formula is C28H25ClF3NO6. The lowest BCUT2D eigenvalue weighted by molar-refractivity contribution is -0.274. The summed E-state index contributed by atoms with van der Waals surface area (Å²) in [6.07, 6.45) is 1.44. The van der Waals surface area contributed by atoms with Crippen molar-refractivity contribution in [3.05, 3.63) is 82.5 Å². The Kier molecular flexibility index (Phi) is 9.73. The maximum atomic E-state index is 12.5. The SMILES string of the molecule is COc1cc(NC=CC(=O)c2ccc(OC(F)(F)F)cc2)c(C=Cc2cc(OC)c(OC)c(OC)c2)cc1Cl. The molecule has 3 aromatic carbocycles. The summed E-state index contributed by atoms with van der Waals surface area (Å²) in [7, 11) is 6.04. The summed E-state index contributed by atoms with van der Waals surface area (Å²) in [6, 6.07) is 11.5. The molecule has 39 heavy (non-hydrogen) atoms. The lowest BCUT2D eigenvalue weighted by Crippen LogP contribution is -2.17. The van der Waals surface area contributed by atoms with Gasteiger partial charge in [0.05, 0.1) is 33.5 Å². The second-order valence-corrected chi connectivity index (χ2v) is 8.19. The molecule has 0 aliphatic carbocycles. The minimum atomic E-state index is -4.81. The number of carbonyl (C=O) groups is 1. The monoisotopic (exact) mass is 563 g/mol. The number of nitrogens with one attached hydrogen (secondary N) is 1. The first kappa shape index (κ1) is 29.2. The van der Waals surface area contributed by atoms with Crippen LogP contribution in [0.25, 0.3) is 12.2 Å². The summed E-state index contributed by atoms with van der Waals surface area (Å²) in [5, 5.41) is 3.39. The van der Waals surface area contributed by atoms with E-state index >= 15 is 0 Å². The second-order valence-electron chi connectivity index (χ2n) is 7.78. The molecule has 0 heterocycles. The number of hydrogen-bond acceptors (Lipinski definition) is 7. The first-order chi connectivity index (χ1) is 18.6. The third-order valence-electron chi connectivity index (χ3n) is 5.31. The highest BCUT2D eigenvalue weighted by Crippen LogP contribution is 2.39. The van der Waals surface area contributed by atoms with Crippen molar-refractivity contribution in [1.29, 1.82) is 0 Å². The molecule has 3 aromatic rings. The summed E-state index contributed by atoms with van der Waals surface area (Å²) >= 11 is 6.34. The Morgan fingerprint density at radius 3 is 2.00 bits per heavy atom. The molecule has 1 N–H and O–H groups in total. The molecule has 0 atom stereocenters. The van der Waals surface area contributed by atoms with Crippen molar-refractivity contribution in [2.24, 2.45) is 0 Å². The lowest BCUT2D eigenvalue weighted by Gasteiger charge is -2.13. The minimum Gasteiger partial charge on any atom is -0.495 e. The van der Waals surface area contributed by atoms with Gasteiger partial charge in [0.15, 0.2) is 17.3 Å². The fourth-order valence-electron chi connectivity index (χ4n) is 3.50. The number of methoxy groups -OCH3 is 4. The van der Waals surface area contributed by atoms with E-state index in [0.717, 1.165) is 17.7 Å². The van der Waals surface area contributed by atoms with Crippen LogP contribution in [0, 0.1) is 0 Å². The number of benzene rings is 3. The zero-order chi connectivity index (χ0) is 28.6. The van der Waals surface area contributed by atoms with Gasteiger partial charge < -0.3 is 29.0 Å². The average molecular weight is 564 g/mol. The first-order valence-corrected chi connectivity index (χ1v) is 11.6. The van der Waals surface area contributed by atoms with Crippen LogP contribution in [0.4, 0.5) is 18.9 Å².